The molecule has 6 aromatic rings. The molecule has 0 amide bonds. The van der Waals surface area contributed by atoms with Crippen LogP contribution in [0.4, 0.5) is 51.0 Å². The third-order valence-corrected chi connectivity index (χ3v) is 11.5. The van der Waals surface area contributed by atoms with Gasteiger partial charge < -0.3 is 9.80 Å². The van der Waals surface area contributed by atoms with Gasteiger partial charge in [-0.3, -0.25) is 0 Å². The maximum atomic E-state index is 15.1. The normalized spacial score (nSPS) is 12.1. The molecule has 7 rings (SSSR count). The minimum atomic E-state index is -0.671. The van der Waals surface area contributed by atoms with Crippen LogP contribution < -0.4 is 9.80 Å². The quantitative estimate of drug-likeness (QED) is 0.0735. The molecule has 0 fully saturated rings. The summed E-state index contributed by atoms with van der Waals surface area (Å²) >= 11 is 8.42. The first-order valence-electron chi connectivity index (χ1n) is 18.8. The van der Waals surface area contributed by atoms with Crippen molar-refractivity contribution in [2.45, 2.75) is 20.8 Å². The molecule has 10 heteroatoms. The second-order valence-corrected chi connectivity index (χ2v) is 14.6. The zero-order valence-corrected chi connectivity index (χ0v) is 33.6. The van der Waals surface area contributed by atoms with Crippen molar-refractivity contribution < 1.29 is 22.1 Å². The monoisotopic (exact) mass is 813 g/mol. The zero-order chi connectivity index (χ0) is 40.9. The molecule has 5 aromatic carbocycles. The van der Waals surface area contributed by atoms with Crippen LogP contribution in [0.15, 0.2) is 145 Å². The Balaban J connectivity index is 1.49. The topological polar surface area (TPSA) is 13.8 Å². The van der Waals surface area contributed by atoms with Crippen molar-refractivity contribution in [1.29, 1.82) is 0 Å². The van der Waals surface area contributed by atoms with Crippen LogP contribution in [0.2, 0.25) is 5.02 Å². The minimum absolute atomic E-state index is 0.143. The highest BCUT2D eigenvalue weighted by molar-refractivity contribution is 7.18. The number of allylic oxidation sites excluding steroid dienone is 5. The number of benzene rings is 5. The van der Waals surface area contributed by atoms with Gasteiger partial charge in [0.1, 0.15) is 28.9 Å². The molecule has 0 unspecified atom stereocenters. The molecule has 0 saturated heterocycles. The summed E-state index contributed by atoms with van der Waals surface area (Å²) in [4.78, 5) is 8.62. The average Bonchev–Trinajstić information content (AvgIpc) is 3.60. The van der Waals surface area contributed by atoms with E-state index in [1.165, 1.54) is 47.7 Å². The van der Waals surface area contributed by atoms with Crippen molar-refractivity contribution in [1.82, 2.24) is 0 Å². The van der Waals surface area contributed by atoms with Crippen molar-refractivity contribution >= 4 is 67.7 Å². The van der Waals surface area contributed by atoms with E-state index in [0.29, 0.717) is 52.9 Å². The van der Waals surface area contributed by atoms with Crippen molar-refractivity contribution in [2.75, 3.05) is 29.4 Å². The summed E-state index contributed by atoms with van der Waals surface area (Å²) in [6.07, 6.45) is 7.44. The van der Waals surface area contributed by atoms with Crippen LogP contribution in [0.25, 0.3) is 21.5 Å². The van der Waals surface area contributed by atoms with E-state index in [2.05, 4.69) is 9.74 Å². The number of hydrogen-bond donors (Lipinski definition) is 0. The molecule has 0 saturated carbocycles. The van der Waals surface area contributed by atoms with Crippen LogP contribution in [0.5, 0.6) is 0 Å². The van der Waals surface area contributed by atoms with E-state index in [1.807, 2.05) is 118 Å². The lowest BCUT2D eigenvalue weighted by Gasteiger charge is -2.25. The number of nitrogens with zero attached hydrogens (tertiary/aromatic N) is 4. The van der Waals surface area contributed by atoms with Gasteiger partial charge in [0.05, 0.1) is 6.57 Å². The Morgan fingerprint density at radius 2 is 1.24 bits per heavy atom. The highest BCUT2D eigenvalue weighted by atomic mass is 35.5. The van der Waals surface area contributed by atoms with E-state index in [1.54, 1.807) is 15.5 Å². The van der Waals surface area contributed by atoms with Crippen LogP contribution in [0.3, 0.4) is 0 Å². The summed E-state index contributed by atoms with van der Waals surface area (Å²) in [6.45, 7) is 15.5. The number of anilines is 4. The zero-order valence-electron chi connectivity index (χ0n) is 32.0. The maximum absolute atomic E-state index is 15.1. The van der Waals surface area contributed by atoms with Crippen molar-refractivity contribution in [3.05, 3.63) is 195 Å². The van der Waals surface area contributed by atoms with Crippen LogP contribution in [-0.4, -0.2) is 29.9 Å². The average molecular weight is 814 g/mol. The Labute approximate surface area is 345 Å². The van der Waals surface area contributed by atoms with Crippen molar-refractivity contribution in [2.24, 2.45) is 0 Å². The largest absolute Gasteiger partial charge is 0.342 e. The number of para-hydroxylation sites is 3. The third-order valence-electron chi connectivity index (χ3n) is 9.96. The third kappa shape index (κ3) is 7.61. The molecule has 0 atom stereocenters. The molecule has 1 heterocycles. The lowest BCUT2D eigenvalue weighted by Crippen LogP contribution is -2.19. The van der Waals surface area contributed by atoms with Gasteiger partial charge >= 0.3 is 0 Å². The summed E-state index contributed by atoms with van der Waals surface area (Å²) in [6, 6.07) is 32.4. The number of rotatable bonds is 11. The number of thiophene rings is 1. The van der Waals surface area contributed by atoms with Crippen molar-refractivity contribution in [3.63, 3.8) is 0 Å². The Morgan fingerprint density at radius 1 is 0.672 bits per heavy atom. The van der Waals surface area contributed by atoms with Crippen molar-refractivity contribution in [3.8, 4) is 11.1 Å². The summed E-state index contributed by atoms with van der Waals surface area (Å²) in [5.74, 6) is -2.68. The van der Waals surface area contributed by atoms with E-state index in [0.717, 1.165) is 32.3 Å². The Morgan fingerprint density at radius 3 is 1.81 bits per heavy atom. The molecule has 290 valence electrons. The fourth-order valence-corrected chi connectivity index (χ4v) is 8.98. The molecule has 4 nitrogen and oxygen atoms in total. The smallest absolute Gasteiger partial charge is 0.277 e. The Bertz CT molecular complexity index is 2600. The summed E-state index contributed by atoms with van der Waals surface area (Å²) in [5, 5.41) is 1.21. The van der Waals surface area contributed by atoms with Gasteiger partial charge in [0, 0.05) is 57.7 Å². The van der Waals surface area contributed by atoms with Gasteiger partial charge in [-0.1, -0.05) is 72.3 Å². The molecular formula is C48H38ClF4N4S+. The van der Waals surface area contributed by atoms with Gasteiger partial charge in [0.25, 0.3) is 5.69 Å². The predicted octanol–water partition coefficient (Wildman–Crippen LogP) is 14.2. The van der Waals surface area contributed by atoms with Gasteiger partial charge in [0.2, 0.25) is 11.4 Å². The van der Waals surface area contributed by atoms with Crippen LogP contribution >= 0.6 is 22.9 Å². The standard InChI is InChI=1S/C48H38ClF4N4S/c1-5-55(45-38(50)19-13-20-39(45)51)34-27-23-31(24-28-34)42(32-25-29-35(30-26-32)56(6-2)46-40(52)21-14-22-41(46)53)47-43(36-17-11-12-18-37(36)49)44(54-4)48(58-47)57(7-3)33-15-9-8-10-16-33/h8-30H,5-7H2,1-3H3/q+1. The molecular weight excluding hydrogens is 776 g/mol. The number of hydrogen-bond acceptors (Lipinski definition) is 3. The molecule has 1 aromatic heterocycles. The second kappa shape index (κ2) is 17.5. The fraction of sp³-hybridized carbons (Fsp3) is 0.125. The maximum Gasteiger partial charge on any atom is 0.277 e. The van der Waals surface area contributed by atoms with Gasteiger partial charge in [-0.05, 0) is 104 Å². The number of halogens is 5. The lowest BCUT2D eigenvalue weighted by molar-refractivity contribution is -0.439. The van der Waals surface area contributed by atoms with E-state index >= 15 is 17.6 Å². The summed E-state index contributed by atoms with van der Waals surface area (Å²) in [7, 11) is 0. The van der Waals surface area contributed by atoms with E-state index in [4.69, 9.17) is 18.2 Å². The first-order chi connectivity index (χ1) is 28.2. The van der Waals surface area contributed by atoms with Gasteiger partial charge in [-0.15, -0.1) is 11.3 Å². The molecule has 58 heavy (non-hydrogen) atoms. The molecule has 1 aliphatic carbocycles. The minimum Gasteiger partial charge on any atom is -0.342 e. The molecule has 0 spiro atoms. The van der Waals surface area contributed by atoms with Gasteiger partial charge in [-0.2, -0.15) is 13.4 Å². The Kier molecular flexibility index (Phi) is 12.1. The molecule has 0 bridgehead atoms. The first kappa shape index (κ1) is 40.0. The second-order valence-electron chi connectivity index (χ2n) is 13.2. The highest BCUT2D eigenvalue weighted by Crippen LogP contribution is 2.55. The van der Waals surface area contributed by atoms with E-state index in [9.17, 15) is 0 Å². The SMILES string of the molecule is [C-]#[N+]c1c(N(CC)c2ccccc2)sc(C(=C2C=CC(=[N+](CC)c3c(F)cccc3F)C=C2)c2ccc(N(CC)c3c(F)cccc3F)cc2)c1-c1ccccc1Cl. The van der Waals surface area contributed by atoms with Crippen LogP contribution in [0.1, 0.15) is 31.2 Å². The Hall–Kier alpha value is -6.21. The molecule has 0 aliphatic heterocycles. The summed E-state index contributed by atoms with van der Waals surface area (Å²) in [5.41, 5.74) is 5.85. The van der Waals surface area contributed by atoms with E-state index < -0.39 is 23.3 Å². The highest BCUT2D eigenvalue weighted by Gasteiger charge is 2.30. The summed E-state index contributed by atoms with van der Waals surface area (Å²) < 4.78 is 61.8. The molecule has 1 aliphatic rings. The predicted molar refractivity (Wildman–Crippen MR) is 232 cm³/mol. The van der Waals surface area contributed by atoms with Crippen LogP contribution in [-0.2, 0) is 0 Å². The van der Waals surface area contributed by atoms with E-state index in [-0.39, 0.29) is 11.4 Å². The molecule has 0 N–H and O–H groups in total. The molecule has 0 radical (unpaired) electrons. The van der Waals surface area contributed by atoms with Gasteiger partial charge in [0.15, 0.2) is 11.6 Å². The van der Waals surface area contributed by atoms with Gasteiger partial charge in [-0.25, -0.2) is 13.6 Å². The van der Waals surface area contributed by atoms with Crippen LogP contribution in [0, 0.1) is 29.8 Å². The lowest BCUT2D eigenvalue weighted by atomic mass is 9.91. The first-order valence-corrected chi connectivity index (χ1v) is 20.0. The fourth-order valence-electron chi connectivity index (χ4n) is 7.32.